The van der Waals surface area contributed by atoms with Crippen molar-refractivity contribution in [1.29, 1.82) is 0 Å². The van der Waals surface area contributed by atoms with Crippen LogP contribution in [0.5, 0.6) is 0 Å². The summed E-state index contributed by atoms with van der Waals surface area (Å²) in [4.78, 5) is 27.6. The van der Waals surface area contributed by atoms with Crippen LogP contribution < -0.4 is 5.32 Å². The Balaban J connectivity index is 1.79. The lowest BCUT2D eigenvalue weighted by Gasteiger charge is -2.32. The van der Waals surface area contributed by atoms with Gasteiger partial charge in [0.05, 0.1) is 16.8 Å². The summed E-state index contributed by atoms with van der Waals surface area (Å²) in [5.41, 5.74) is 0.563. The van der Waals surface area contributed by atoms with Gasteiger partial charge in [-0.3, -0.25) is 0 Å². The van der Waals surface area contributed by atoms with E-state index < -0.39 is 30.4 Å². The molecule has 2 aromatic rings. The van der Waals surface area contributed by atoms with E-state index in [1.165, 1.54) is 12.3 Å². The number of aromatic carboxylic acids is 1. The number of carboxylic acids is 1. The third-order valence-corrected chi connectivity index (χ3v) is 5.95. The zero-order chi connectivity index (χ0) is 24.2. The highest BCUT2D eigenvalue weighted by Gasteiger charge is 2.52. The highest BCUT2D eigenvalue weighted by atomic mass is 35.5. The van der Waals surface area contributed by atoms with Crippen molar-refractivity contribution in [2.75, 3.05) is 6.54 Å². The third-order valence-electron chi connectivity index (χ3n) is 5.65. The summed E-state index contributed by atoms with van der Waals surface area (Å²) >= 11 is 5.88. The molecule has 1 aliphatic heterocycles. The van der Waals surface area contributed by atoms with Gasteiger partial charge in [-0.05, 0) is 50.4 Å². The zero-order valence-corrected chi connectivity index (χ0v) is 19.7. The molecule has 10 heteroatoms. The number of carbonyl (C=O) groups is 2. The number of nitrogens with zero attached hydrogens (tertiary/aromatic N) is 1. The molecule has 0 bridgehead atoms. The summed E-state index contributed by atoms with van der Waals surface area (Å²) in [6, 6.07) is 10.7. The van der Waals surface area contributed by atoms with E-state index in [1.54, 1.807) is 6.08 Å². The van der Waals surface area contributed by atoms with E-state index in [-0.39, 0.29) is 23.9 Å². The minimum atomic E-state index is -1.19. The van der Waals surface area contributed by atoms with E-state index in [2.05, 4.69) is 10.3 Å². The highest BCUT2D eigenvalue weighted by Crippen LogP contribution is 2.38. The van der Waals surface area contributed by atoms with Crippen LogP contribution in [0.25, 0.3) is 6.08 Å². The van der Waals surface area contributed by atoms with Gasteiger partial charge in [-0.25, -0.2) is 14.6 Å². The van der Waals surface area contributed by atoms with E-state index in [1.807, 2.05) is 58.0 Å². The number of nitrogens with one attached hydrogen (secondary N) is 1. The van der Waals surface area contributed by atoms with Crippen LogP contribution in [-0.4, -0.2) is 47.0 Å². The second kappa shape index (κ2) is 9.95. The van der Waals surface area contributed by atoms with E-state index >= 15 is 0 Å². The summed E-state index contributed by atoms with van der Waals surface area (Å²) in [5, 5.41) is 11.9. The molecule has 1 aromatic heterocycles. The van der Waals surface area contributed by atoms with Crippen LogP contribution in [0.1, 0.15) is 49.2 Å². The molecular formula is C23H26BClN2O6. The molecule has 2 N–H and O–H groups in total. The molecule has 174 valence electrons. The second-order valence-corrected chi connectivity index (χ2v) is 8.99. The molecule has 0 saturated carbocycles. The minimum absolute atomic E-state index is 0.0511. The quantitative estimate of drug-likeness (QED) is 0.455. The van der Waals surface area contributed by atoms with Crippen LogP contribution in [0.2, 0.25) is 5.15 Å². The number of alkyl carbamates (subject to hydrolysis) is 1. The maximum atomic E-state index is 12.3. The summed E-state index contributed by atoms with van der Waals surface area (Å²) in [6.07, 6.45) is 2.49. The average molecular weight is 473 g/mol. The first-order valence-corrected chi connectivity index (χ1v) is 10.8. The van der Waals surface area contributed by atoms with Crippen LogP contribution >= 0.6 is 11.6 Å². The summed E-state index contributed by atoms with van der Waals surface area (Å²) in [6.45, 7) is 7.84. The summed E-state index contributed by atoms with van der Waals surface area (Å²) < 4.78 is 17.5. The number of aromatic nitrogens is 1. The number of pyridine rings is 1. The number of hydrogen-bond donors (Lipinski definition) is 2. The molecule has 8 nitrogen and oxygen atoms in total. The van der Waals surface area contributed by atoms with E-state index in [9.17, 15) is 14.7 Å². The third kappa shape index (κ3) is 6.13. The molecule has 2 heterocycles. The Morgan fingerprint density at radius 2 is 1.82 bits per heavy atom. The Morgan fingerprint density at radius 3 is 2.42 bits per heavy atom. The van der Waals surface area contributed by atoms with Gasteiger partial charge in [0.15, 0.2) is 0 Å². The van der Waals surface area contributed by atoms with Gasteiger partial charge < -0.3 is 24.5 Å². The second-order valence-electron chi connectivity index (χ2n) is 8.63. The Labute approximate surface area is 198 Å². The van der Waals surface area contributed by atoms with Crippen LogP contribution in [0, 0.1) is 0 Å². The van der Waals surface area contributed by atoms with Crippen molar-refractivity contribution in [2.45, 2.75) is 45.5 Å². The fraction of sp³-hybridized carbons (Fsp3) is 0.348. The molecule has 1 aliphatic rings. The van der Waals surface area contributed by atoms with E-state index in [0.717, 1.165) is 5.56 Å². The first-order valence-electron chi connectivity index (χ1n) is 10.4. The fourth-order valence-corrected chi connectivity index (χ4v) is 3.24. The molecule has 0 aliphatic carbocycles. The maximum absolute atomic E-state index is 12.3. The number of amides is 1. The number of carbonyl (C=O) groups excluding carboxylic acids is 1. The van der Waals surface area contributed by atoms with Crippen molar-refractivity contribution < 1.29 is 28.7 Å². The van der Waals surface area contributed by atoms with Gasteiger partial charge in [-0.2, -0.15) is 0 Å². The molecule has 0 radical (unpaired) electrons. The molecule has 1 saturated heterocycles. The molecule has 1 amide bonds. The van der Waals surface area contributed by atoms with E-state index in [4.69, 9.17) is 25.6 Å². The number of halogens is 1. The topological polar surface area (TPSA) is 107 Å². The van der Waals surface area contributed by atoms with Gasteiger partial charge in [-0.15, -0.1) is 0 Å². The SMILES string of the molecule is CC1(C)OB(C(=Cc2cnc(Cl)c(C(=O)O)c2)CNC(=O)OCc2ccccc2)OC1(C)C. The van der Waals surface area contributed by atoms with Crippen LogP contribution in [0.4, 0.5) is 4.79 Å². The highest BCUT2D eigenvalue weighted by molar-refractivity contribution is 6.56. The molecule has 33 heavy (non-hydrogen) atoms. The molecule has 0 unspecified atom stereocenters. The number of hydrogen-bond acceptors (Lipinski definition) is 6. The standard InChI is InChI=1S/C23H26BClN2O6/c1-22(2)23(3,4)33-24(32-22)17(10-16-11-18(20(28)29)19(25)26-12-16)13-27-21(30)31-14-15-8-6-5-7-9-15/h5-12H,13-14H2,1-4H3,(H,27,30)(H,28,29). The lowest BCUT2D eigenvalue weighted by Crippen LogP contribution is -2.41. The summed E-state index contributed by atoms with van der Waals surface area (Å²) in [5.74, 6) is -1.19. The van der Waals surface area contributed by atoms with Gasteiger partial charge in [0.1, 0.15) is 11.8 Å². The molecular weight excluding hydrogens is 447 g/mol. The van der Waals surface area contributed by atoms with Crippen molar-refractivity contribution in [3.63, 3.8) is 0 Å². The number of carboxylic acid groups (broad SMARTS) is 1. The molecule has 1 fully saturated rings. The molecule has 0 spiro atoms. The summed E-state index contributed by atoms with van der Waals surface area (Å²) in [7, 11) is -0.770. The number of rotatable bonds is 7. The maximum Gasteiger partial charge on any atom is 0.492 e. The first-order chi connectivity index (χ1) is 15.5. The van der Waals surface area contributed by atoms with Crippen LogP contribution in [-0.2, 0) is 20.7 Å². The van der Waals surface area contributed by atoms with E-state index in [0.29, 0.717) is 11.0 Å². The Hall–Kier alpha value is -2.88. The number of ether oxygens (including phenoxy) is 1. The predicted octanol–water partition coefficient (Wildman–Crippen LogP) is 4.37. The largest absolute Gasteiger partial charge is 0.492 e. The van der Waals surface area contributed by atoms with Crippen molar-refractivity contribution in [3.05, 3.63) is 69.9 Å². The van der Waals surface area contributed by atoms with Gasteiger partial charge in [0.25, 0.3) is 0 Å². The minimum Gasteiger partial charge on any atom is -0.478 e. The van der Waals surface area contributed by atoms with Crippen LogP contribution in [0.3, 0.4) is 0 Å². The van der Waals surface area contributed by atoms with Gasteiger partial charge in [0.2, 0.25) is 0 Å². The fourth-order valence-electron chi connectivity index (χ4n) is 3.05. The average Bonchev–Trinajstić information content (AvgIpc) is 2.98. The Bertz CT molecular complexity index is 1040. The van der Waals surface area contributed by atoms with Crippen molar-refractivity contribution in [2.24, 2.45) is 0 Å². The molecule has 1 aromatic carbocycles. The predicted molar refractivity (Wildman–Crippen MR) is 125 cm³/mol. The smallest absolute Gasteiger partial charge is 0.478 e. The Kier molecular flexibility index (Phi) is 7.46. The lowest BCUT2D eigenvalue weighted by molar-refractivity contribution is 0.00578. The van der Waals surface area contributed by atoms with Crippen molar-refractivity contribution >= 4 is 36.9 Å². The number of benzene rings is 1. The molecule has 3 rings (SSSR count). The zero-order valence-electron chi connectivity index (χ0n) is 18.9. The van der Waals surface area contributed by atoms with Gasteiger partial charge >= 0.3 is 19.2 Å². The van der Waals surface area contributed by atoms with Gasteiger partial charge in [-0.1, -0.05) is 48.0 Å². The first kappa shape index (κ1) is 24.8. The lowest BCUT2D eigenvalue weighted by atomic mass is 9.77. The Morgan fingerprint density at radius 1 is 1.18 bits per heavy atom. The normalized spacial score (nSPS) is 17.0. The van der Waals surface area contributed by atoms with Crippen molar-refractivity contribution in [1.82, 2.24) is 10.3 Å². The molecule has 0 atom stereocenters. The van der Waals surface area contributed by atoms with Crippen molar-refractivity contribution in [3.8, 4) is 0 Å². The monoisotopic (exact) mass is 472 g/mol. The van der Waals surface area contributed by atoms with Crippen LogP contribution in [0.15, 0.2) is 48.1 Å². The van der Waals surface area contributed by atoms with Gasteiger partial charge in [0, 0.05) is 12.7 Å².